The third-order valence-corrected chi connectivity index (χ3v) is 5.16. The van der Waals surface area contributed by atoms with E-state index in [2.05, 4.69) is 5.32 Å². The van der Waals surface area contributed by atoms with E-state index in [1.807, 2.05) is 36.4 Å². The molecule has 0 spiro atoms. The first-order valence-electron chi connectivity index (χ1n) is 9.99. The zero-order valence-corrected chi connectivity index (χ0v) is 17.3. The van der Waals surface area contributed by atoms with Gasteiger partial charge in [0.05, 0.1) is 33.1 Å². The fourth-order valence-electron chi connectivity index (χ4n) is 3.68. The molecule has 2 aromatic rings. The lowest BCUT2D eigenvalue weighted by Gasteiger charge is -2.17. The predicted molar refractivity (Wildman–Crippen MR) is 112 cm³/mol. The van der Waals surface area contributed by atoms with Gasteiger partial charge in [-0.05, 0) is 55.9 Å². The van der Waals surface area contributed by atoms with Gasteiger partial charge in [-0.1, -0.05) is 18.2 Å². The van der Waals surface area contributed by atoms with E-state index in [1.54, 1.807) is 21.3 Å². The molecule has 0 unspecified atom stereocenters. The van der Waals surface area contributed by atoms with Crippen molar-refractivity contribution in [2.45, 2.75) is 44.6 Å². The molecular formula is C23H29NO5. The number of methoxy groups -OCH3 is 3. The topological polar surface area (TPSA) is 66.0 Å². The van der Waals surface area contributed by atoms with Crippen LogP contribution in [0, 0.1) is 0 Å². The molecule has 0 atom stereocenters. The molecule has 6 nitrogen and oxygen atoms in total. The lowest BCUT2D eigenvalue weighted by molar-refractivity contribution is -0.116. The Morgan fingerprint density at radius 2 is 1.66 bits per heavy atom. The molecule has 1 N–H and O–H groups in total. The highest BCUT2D eigenvalue weighted by Gasteiger charge is 2.19. The number of para-hydroxylation sites is 2. The average Bonchev–Trinajstić information content (AvgIpc) is 3.25. The van der Waals surface area contributed by atoms with Crippen molar-refractivity contribution in [2.75, 3.05) is 26.6 Å². The van der Waals surface area contributed by atoms with Crippen molar-refractivity contribution in [3.8, 4) is 23.0 Å². The Labute approximate surface area is 172 Å². The summed E-state index contributed by atoms with van der Waals surface area (Å²) >= 11 is 0. The molecule has 29 heavy (non-hydrogen) atoms. The summed E-state index contributed by atoms with van der Waals surface area (Å²) in [5.74, 6) is 2.36. The van der Waals surface area contributed by atoms with Crippen molar-refractivity contribution >= 4 is 11.6 Å². The van der Waals surface area contributed by atoms with Crippen LogP contribution in [0.4, 0.5) is 5.69 Å². The standard InChI is InChI=1S/C23H29NO5/c1-26-20-14-12-16(22(27-2)23(20)28-3)13-15-21(25)24-18-10-6-7-11-19(18)29-17-8-4-5-9-17/h6-7,10-12,14,17H,4-5,8-9,13,15H2,1-3H3,(H,24,25). The van der Waals surface area contributed by atoms with E-state index in [4.69, 9.17) is 18.9 Å². The van der Waals surface area contributed by atoms with Crippen LogP contribution in [0.3, 0.4) is 0 Å². The van der Waals surface area contributed by atoms with Crippen LogP contribution in [-0.2, 0) is 11.2 Å². The number of ether oxygens (including phenoxy) is 4. The summed E-state index contributed by atoms with van der Waals surface area (Å²) < 4.78 is 22.3. The lowest BCUT2D eigenvalue weighted by Crippen LogP contribution is -2.16. The third-order valence-electron chi connectivity index (χ3n) is 5.16. The van der Waals surface area contributed by atoms with Gasteiger partial charge >= 0.3 is 0 Å². The molecule has 2 aromatic carbocycles. The molecule has 1 aliphatic carbocycles. The summed E-state index contributed by atoms with van der Waals surface area (Å²) in [6.07, 6.45) is 5.61. The molecule has 1 saturated carbocycles. The average molecular weight is 399 g/mol. The summed E-state index contributed by atoms with van der Waals surface area (Å²) in [5, 5.41) is 2.98. The van der Waals surface area contributed by atoms with Crippen LogP contribution in [0.2, 0.25) is 0 Å². The number of hydrogen-bond donors (Lipinski definition) is 1. The Balaban J connectivity index is 1.65. The summed E-state index contributed by atoms with van der Waals surface area (Å²) in [4.78, 5) is 12.6. The van der Waals surface area contributed by atoms with Gasteiger partial charge in [0, 0.05) is 6.42 Å². The molecular weight excluding hydrogens is 370 g/mol. The Morgan fingerprint density at radius 1 is 0.931 bits per heavy atom. The van der Waals surface area contributed by atoms with Gasteiger partial charge in [0.15, 0.2) is 11.5 Å². The number of carbonyl (C=O) groups is 1. The van der Waals surface area contributed by atoms with Crippen molar-refractivity contribution in [3.63, 3.8) is 0 Å². The molecule has 0 radical (unpaired) electrons. The monoisotopic (exact) mass is 399 g/mol. The van der Waals surface area contributed by atoms with Crippen LogP contribution >= 0.6 is 0 Å². The molecule has 0 aromatic heterocycles. The number of benzene rings is 2. The zero-order valence-electron chi connectivity index (χ0n) is 17.3. The largest absolute Gasteiger partial charge is 0.493 e. The second kappa shape index (κ2) is 10.0. The quantitative estimate of drug-likeness (QED) is 0.667. The van der Waals surface area contributed by atoms with E-state index in [0.29, 0.717) is 35.8 Å². The number of carbonyl (C=O) groups excluding carboxylic acids is 1. The number of rotatable bonds is 9. The van der Waals surface area contributed by atoms with Crippen LogP contribution in [0.1, 0.15) is 37.7 Å². The Hall–Kier alpha value is -2.89. The third kappa shape index (κ3) is 5.13. The molecule has 0 aliphatic heterocycles. The van der Waals surface area contributed by atoms with Crippen molar-refractivity contribution in [1.82, 2.24) is 0 Å². The molecule has 156 valence electrons. The predicted octanol–water partition coefficient (Wildman–Crippen LogP) is 4.61. The Morgan fingerprint density at radius 3 is 2.34 bits per heavy atom. The van der Waals surface area contributed by atoms with Gasteiger partial charge in [-0.15, -0.1) is 0 Å². The second-order valence-electron chi connectivity index (χ2n) is 7.06. The molecule has 3 rings (SSSR count). The molecule has 1 amide bonds. The maximum Gasteiger partial charge on any atom is 0.224 e. The van der Waals surface area contributed by atoms with E-state index in [0.717, 1.165) is 24.2 Å². The van der Waals surface area contributed by atoms with Gasteiger partial charge in [0.1, 0.15) is 5.75 Å². The normalized spacial score (nSPS) is 13.8. The van der Waals surface area contributed by atoms with Crippen LogP contribution in [0.25, 0.3) is 0 Å². The molecule has 1 fully saturated rings. The smallest absolute Gasteiger partial charge is 0.224 e. The van der Waals surface area contributed by atoms with Crippen LogP contribution in [0.5, 0.6) is 23.0 Å². The van der Waals surface area contributed by atoms with Crippen molar-refractivity contribution in [1.29, 1.82) is 0 Å². The summed E-state index contributed by atoms with van der Waals surface area (Å²) in [5.41, 5.74) is 1.60. The van der Waals surface area contributed by atoms with Crippen molar-refractivity contribution in [2.24, 2.45) is 0 Å². The number of hydrogen-bond acceptors (Lipinski definition) is 5. The molecule has 0 heterocycles. The minimum Gasteiger partial charge on any atom is -0.493 e. The fourth-order valence-corrected chi connectivity index (χ4v) is 3.68. The fraction of sp³-hybridized carbons (Fsp3) is 0.435. The Bertz CT molecular complexity index is 830. The maximum atomic E-state index is 12.6. The second-order valence-corrected chi connectivity index (χ2v) is 7.06. The highest BCUT2D eigenvalue weighted by atomic mass is 16.5. The number of anilines is 1. The van der Waals surface area contributed by atoms with E-state index in [1.165, 1.54) is 12.8 Å². The summed E-state index contributed by atoms with van der Waals surface area (Å²) in [6.45, 7) is 0. The van der Waals surface area contributed by atoms with Gasteiger partial charge in [0.2, 0.25) is 11.7 Å². The first-order valence-corrected chi connectivity index (χ1v) is 9.99. The Kier molecular flexibility index (Phi) is 7.22. The van der Waals surface area contributed by atoms with Crippen molar-refractivity contribution in [3.05, 3.63) is 42.0 Å². The first-order chi connectivity index (χ1) is 14.2. The van der Waals surface area contributed by atoms with E-state index < -0.39 is 0 Å². The number of amides is 1. The van der Waals surface area contributed by atoms with Crippen molar-refractivity contribution < 1.29 is 23.7 Å². The van der Waals surface area contributed by atoms with E-state index in [9.17, 15) is 4.79 Å². The van der Waals surface area contributed by atoms with Gasteiger partial charge in [-0.25, -0.2) is 0 Å². The first kappa shape index (κ1) is 20.8. The molecule has 6 heteroatoms. The highest BCUT2D eigenvalue weighted by Crippen LogP contribution is 2.40. The maximum absolute atomic E-state index is 12.6. The van der Waals surface area contributed by atoms with Gasteiger partial charge in [-0.3, -0.25) is 4.79 Å². The molecule has 0 saturated heterocycles. The number of aryl methyl sites for hydroxylation is 1. The van der Waals surface area contributed by atoms with Gasteiger partial charge in [-0.2, -0.15) is 0 Å². The van der Waals surface area contributed by atoms with Gasteiger partial charge in [0.25, 0.3) is 0 Å². The minimum absolute atomic E-state index is 0.0793. The van der Waals surface area contributed by atoms with Gasteiger partial charge < -0.3 is 24.3 Å². The van der Waals surface area contributed by atoms with Crippen LogP contribution < -0.4 is 24.3 Å². The number of nitrogens with one attached hydrogen (secondary N) is 1. The highest BCUT2D eigenvalue weighted by molar-refractivity contribution is 5.92. The minimum atomic E-state index is -0.0793. The molecule has 1 aliphatic rings. The zero-order chi connectivity index (χ0) is 20.6. The lowest BCUT2D eigenvalue weighted by atomic mass is 10.1. The van der Waals surface area contributed by atoms with E-state index >= 15 is 0 Å². The van der Waals surface area contributed by atoms with Crippen LogP contribution in [-0.4, -0.2) is 33.3 Å². The van der Waals surface area contributed by atoms with Crippen LogP contribution in [0.15, 0.2) is 36.4 Å². The summed E-state index contributed by atoms with van der Waals surface area (Å²) in [7, 11) is 4.73. The molecule has 0 bridgehead atoms. The summed E-state index contributed by atoms with van der Waals surface area (Å²) in [6, 6.07) is 11.3. The van der Waals surface area contributed by atoms with E-state index in [-0.39, 0.29) is 12.0 Å². The SMILES string of the molecule is COc1ccc(CCC(=O)Nc2ccccc2OC2CCCC2)c(OC)c1OC.